The van der Waals surface area contributed by atoms with Crippen molar-refractivity contribution in [3.05, 3.63) is 71.8 Å². The van der Waals surface area contributed by atoms with Crippen LogP contribution in [-0.4, -0.2) is 49.6 Å². The molecule has 0 saturated heterocycles. The molecule has 9 heteroatoms. The highest BCUT2D eigenvalue weighted by molar-refractivity contribution is 5.91. The highest BCUT2D eigenvalue weighted by Crippen LogP contribution is 2.07. The maximum atomic E-state index is 12.7. The minimum atomic E-state index is -0.899. The van der Waals surface area contributed by atoms with Crippen LogP contribution in [0.2, 0.25) is 0 Å². The molecule has 0 aliphatic heterocycles. The van der Waals surface area contributed by atoms with Crippen molar-refractivity contribution >= 4 is 23.9 Å². The van der Waals surface area contributed by atoms with Gasteiger partial charge in [0.2, 0.25) is 11.8 Å². The van der Waals surface area contributed by atoms with Gasteiger partial charge in [0.1, 0.15) is 18.7 Å². The number of methoxy groups -OCH3 is 1. The molecule has 0 spiro atoms. The maximum absolute atomic E-state index is 12.7. The van der Waals surface area contributed by atoms with Gasteiger partial charge >= 0.3 is 12.1 Å². The summed E-state index contributed by atoms with van der Waals surface area (Å²) < 4.78 is 9.99. The first kappa shape index (κ1) is 27.4. The largest absolute Gasteiger partial charge is 0.467 e. The molecule has 0 bridgehead atoms. The lowest BCUT2D eigenvalue weighted by Crippen LogP contribution is -2.51. The lowest BCUT2D eigenvalue weighted by Gasteiger charge is -2.21. The molecule has 9 nitrogen and oxygen atoms in total. The van der Waals surface area contributed by atoms with E-state index in [-0.39, 0.29) is 25.5 Å². The summed E-state index contributed by atoms with van der Waals surface area (Å²) in [7, 11) is 1.24. The molecule has 0 saturated carbocycles. The van der Waals surface area contributed by atoms with Crippen LogP contribution in [0.3, 0.4) is 0 Å². The van der Waals surface area contributed by atoms with E-state index in [1.165, 1.54) is 7.11 Å². The van der Waals surface area contributed by atoms with E-state index in [4.69, 9.17) is 9.47 Å². The number of ether oxygens (including phenoxy) is 2. The zero-order valence-corrected chi connectivity index (χ0v) is 20.3. The molecular weight excluding hydrogens is 450 g/mol. The van der Waals surface area contributed by atoms with Crippen LogP contribution < -0.4 is 16.0 Å². The van der Waals surface area contributed by atoms with Crippen molar-refractivity contribution in [1.82, 2.24) is 16.0 Å². The average Bonchev–Trinajstić information content (AvgIpc) is 2.85. The molecule has 35 heavy (non-hydrogen) atoms. The van der Waals surface area contributed by atoms with Crippen LogP contribution in [0.25, 0.3) is 0 Å². The van der Waals surface area contributed by atoms with Gasteiger partial charge in [-0.2, -0.15) is 0 Å². The van der Waals surface area contributed by atoms with Gasteiger partial charge in [0.15, 0.2) is 0 Å². The number of carbonyl (C=O) groups excluding carboxylic acids is 4. The number of alkyl carbamates (subject to hydrolysis) is 1. The van der Waals surface area contributed by atoms with Crippen LogP contribution in [0.4, 0.5) is 4.79 Å². The summed E-state index contributed by atoms with van der Waals surface area (Å²) in [6.07, 6.45) is -0.127. The molecule has 0 radical (unpaired) electrons. The normalized spacial score (nSPS) is 12.2. The average molecular weight is 484 g/mol. The lowest BCUT2D eigenvalue weighted by molar-refractivity contribution is -0.145. The Balaban J connectivity index is 1.89. The van der Waals surface area contributed by atoms with Gasteiger partial charge in [0.05, 0.1) is 13.7 Å². The van der Waals surface area contributed by atoms with Crippen molar-refractivity contribution in [2.75, 3.05) is 13.7 Å². The van der Waals surface area contributed by atoms with Crippen LogP contribution in [0.15, 0.2) is 60.7 Å². The fourth-order valence-electron chi connectivity index (χ4n) is 3.33. The first-order chi connectivity index (χ1) is 16.8. The zero-order valence-electron chi connectivity index (χ0n) is 20.3. The Hall–Kier alpha value is -3.88. The van der Waals surface area contributed by atoms with Gasteiger partial charge in [-0.1, -0.05) is 74.5 Å². The summed E-state index contributed by atoms with van der Waals surface area (Å²) in [5.74, 6) is -1.57. The van der Waals surface area contributed by atoms with Gasteiger partial charge in [-0.25, -0.2) is 9.59 Å². The molecule has 3 N–H and O–H groups in total. The third kappa shape index (κ3) is 10.3. The summed E-state index contributed by atoms with van der Waals surface area (Å²) in [5.41, 5.74) is 1.67. The molecule has 188 valence electrons. The first-order valence-corrected chi connectivity index (χ1v) is 11.4. The monoisotopic (exact) mass is 483 g/mol. The van der Waals surface area contributed by atoms with E-state index in [0.717, 1.165) is 11.1 Å². The number of hydrogen-bond acceptors (Lipinski definition) is 6. The third-order valence-corrected chi connectivity index (χ3v) is 5.06. The van der Waals surface area contributed by atoms with Crippen LogP contribution in [0.1, 0.15) is 31.4 Å². The number of hydrogen-bond donors (Lipinski definition) is 3. The Kier molecular flexibility index (Phi) is 11.3. The first-order valence-electron chi connectivity index (χ1n) is 11.4. The van der Waals surface area contributed by atoms with Crippen LogP contribution in [0, 0.1) is 5.92 Å². The van der Waals surface area contributed by atoms with Crippen molar-refractivity contribution in [3.63, 3.8) is 0 Å². The lowest BCUT2D eigenvalue weighted by atomic mass is 10.0. The van der Waals surface area contributed by atoms with E-state index in [2.05, 4.69) is 16.0 Å². The number of nitrogens with one attached hydrogen (secondary N) is 3. The van der Waals surface area contributed by atoms with Crippen molar-refractivity contribution in [2.45, 2.75) is 45.4 Å². The molecule has 0 aromatic heterocycles. The molecular formula is C26H33N3O6. The van der Waals surface area contributed by atoms with E-state index in [9.17, 15) is 19.2 Å². The van der Waals surface area contributed by atoms with Crippen molar-refractivity contribution in [1.29, 1.82) is 0 Å². The van der Waals surface area contributed by atoms with Gasteiger partial charge in [-0.05, 0) is 23.5 Å². The molecule has 0 aliphatic carbocycles. The topological polar surface area (TPSA) is 123 Å². The van der Waals surface area contributed by atoms with Crippen LogP contribution in [-0.2, 0) is 36.9 Å². The fourth-order valence-corrected chi connectivity index (χ4v) is 3.33. The number of carbonyl (C=O) groups is 4. The van der Waals surface area contributed by atoms with Gasteiger partial charge in [-0.3, -0.25) is 9.59 Å². The number of benzene rings is 2. The van der Waals surface area contributed by atoms with Crippen LogP contribution in [0.5, 0.6) is 0 Å². The quantitative estimate of drug-likeness (QED) is 0.398. The Morgan fingerprint density at radius 1 is 0.829 bits per heavy atom. The molecule has 2 atom stereocenters. The Labute approximate surface area is 205 Å². The Bertz CT molecular complexity index is 966. The van der Waals surface area contributed by atoms with E-state index in [0.29, 0.717) is 6.42 Å². The zero-order chi connectivity index (χ0) is 25.6. The van der Waals surface area contributed by atoms with Crippen molar-refractivity contribution in [3.8, 4) is 0 Å². The molecule has 3 amide bonds. The molecule has 2 aromatic carbocycles. The Morgan fingerprint density at radius 2 is 1.43 bits per heavy atom. The summed E-state index contributed by atoms with van der Waals surface area (Å²) >= 11 is 0. The summed E-state index contributed by atoms with van der Waals surface area (Å²) in [5, 5.41) is 7.67. The molecule has 0 aliphatic rings. The van der Waals surface area contributed by atoms with Crippen molar-refractivity contribution in [2.24, 2.45) is 5.92 Å². The SMILES string of the molecule is COC(=O)[C@H](Cc1ccccc1)NC(=O)CNC(=O)[C@H](CC(C)C)NC(=O)OCc1ccccc1. The van der Waals surface area contributed by atoms with E-state index in [1.807, 2.05) is 74.5 Å². The number of rotatable bonds is 12. The summed E-state index contributed by atoms with van der Waals surface area (Å²) in [4.78, 5) is 49.5. The number of esters is 1. The molecule has 2 aromatic rings. The van der Waals surface area contributed by atoms with Gasteiger partial charge in [0.25, 0.3) is 0 Å². The standard InChI is InChI=1S/C26H33N3O6/c1-18(2)14-21(29-26(33)35-17-20-12-8-5-9-13-20)24(31)27-16-23(30)28-22(25(32)34-3)15-19-10-6-4-7-11-19/h4-13,18,21-22H,14-17H2,1-3H3,(H,27,31)(H,28,30)(H,29,33)/t21-,22-/m0/s1. The minimum Gasteiger partial charge on any atom is -0.467 e. The Morgan fingerprint density at radius 3 is 2.00 bits per heavy atom. The maximum Gasteiger partial charge on any atom is 0.408 e. The van der Waals surface area contributed by atoms with E-state index in [1.54, 1.807) is 0 Å². The van der Waals surface area contributed by atoms with Crippen molar-refractivity contribution < 1.29 is 28.7 Å². The summed E-state index contributed by atoms with van der Waals surface area (Å²) in [6.45, 7) is 3.53. The molecule has 0 fully saturated rings. The third-order valence-electron chi connectivity index (χ3n) is 5.06. The van der Waals surface area contributed by atoms with Gasteiger partial charge < -0.3 is 25.4 Å². The molecule has 2 rings (SSSR count). The minimum absolute atomic E-state index is 0.0709. The highest BCUT2D eigenvalue weighted by atomic mass is 16.5. The molecule has 0 unspecified atom stereocenters. The smallest absolute Gasteiger partial charge is 0.408 e. The molecule has 0 heterocycles. The van der Waals surface area contributed by atoms with Crippen LogP contribution >= 0.6 is 0 Å². The number of amides is 3. The second-order valence-electron chi connectivity index (χ2n) is 8.44. The van der Waals surface area contributed by atoms with Gasteiger partial charge in [0, 0.05) is 6.42 Å². The van der Waals surface area contributed by atoms with Gasteiger partial charge in [-0.15, -0.1) is 0 Å². The highest BCUT2D eigenvalue weighted by Gasteiger charge is 2.25. The fraction of sp³-hybridized carbons (Fsp3) is 0.385. The van der Waals surface area contributed by atoms with E-state index < -0.39 is 36.0 Å². The second kappa shape index (κ2) is 14.4. The second-order valence-corrected chi connectivity index (χ2v) is 8.44. The predicted octanol–water partition coefficient (Wildman–Crippen LogP) is 2.34. The summed E-state index contributed by atoms with van der Waals surface area (Å²) in [6, 6.07) is 16.6. The van der Waals surface area contributed by atoms with E-state index >= 15 is 0 Å². The predicted molar refractivity (Wildman–Crippen MR) is 130 cm³/mol.